The van der Waals surface area contributed by atoms with Crippen LogP contribution in [0.4, 0.5) is 17.5 Å². The van der Waals surface area contributed by atoms with Gasteiger partial charge in [-0.3, -0.25) is 9.78 Å². The van der Waals surface area contributed by atoms with Gasteiger partial charge in [0.25, 0.3) is 5.56 Å². The molecule has 10 heteroatoms. The van der Waals surface area contributed by atoms with Gasteiger partial charge in [0.15, 0.2) is 5.82 Å². The first-order valence-electron chi connectivity index (χ1n) is 6.55. The molecule has 0 aliphatic heterocycles. The largest absolute Gasteiger partial charge is 0.493 e. The van der Waals surface area contributed by atoms with Crippen LogP contribution in [0.1, 0.15) is 6.42 Å². The molecule has 122 valence electrons. The van der Waals surface area contributed by atoms with E-state index in [-0.39, 0.29) is 17.5 Å². The van der Waals surface area contributed by atoms with Crippen molar-refractivity contribution in [3.8, 4) is 5.75 Å². The van der Waals surface area contributed by atoms with Crippen LogP contribution in [0.2, 0.25) is 10.0 Å². The summed E-state index contributed by atoms with van der Waals surface area (Å²) in [6.45, 7) is 0.763. The molecule has 0 radical (unpaired) electrons. The number of hydrogen-bond donors (Lipinski definition) is 3. The molecule has 2 aromatic rings. The zero-order valence-electron chi connectivity index (χ0n) is 11.8. The van der Waals surface area contributed by atoms with Gasteiger partial charge >= 0.3 is 0 Å². The van der Waals surface area contributed by atoms with Crippen LogP contribution in [0.5, 0.6) is 5.75 Å². The molecule has 0 unspecified atom stereocenters. The Balaban J connectivity index is 1.86. The van der Waals surface area contributed by atoms with Gasteiger partial charge in [-0.1, -0.05) is 23.2 Å². The van der Waals surface area contributed by atoms with Crippen LogP contribution in [0.3, 0.4) is 0 Å². The van der Waals surface area contributed by atoms with E-state index in [2.05, 4.69) is 20.5 Å². The number of aromatic nitrogens is 2. The van der Waals surface area contributed by atoms with Crippen LogP contribution in [0.25, 0.3) is 0 Å². The van der Waals surface area contributed by atoms with Crippen molar-refractivity contribution in [3.63, 3.8) is 0 Å². The maximum absolute atomic E-state index is 11.5. The van der Waals surface area contributed by atoms with Crippen molar-refractivity contribution in [1.82, 2.24) is 9.97 Å². The molecule has 23 heavy (non-hydrogen) atoms. The highest BCUT2D eigenvalue weighted by Crippen LogP contribution is 2.24. The number of anilines is 2. The van der Waals surface area contributed by atoms with E-state index in [0.29, 0.717) is 35.4 Å². The van der Waals surface area contributed by atoms with Gasteiger partial charge < -0.3 is 15.8 Å². The number of benzene rings is 1. The number of ether oxygens (including phenoxy) is 1. The molecule has 0 aliphatic rings. The minimum absolute atomic E-state index is 0.0343. The van der Waals surface area contributed by atoms with Crippen LogP contribution in [0, 0.1) is 4.91 Å². The van der Waals surface area contributed by atoms with Gasteiger partial charge in [0.1, 0.15) is 5.75 Å². The summed E-state index contributed by atoms with van der Waals surface area (Å²) in [5.74, 6) is 0.484. The molecule has 8 nitrogen and oxygen atoms in total. The number of H-pyrrole nitrogens is 1. The van der Waals surface area contributed by atoms with Crippen LogP contribution in [-0.4, -0.2) is 23.1 Å². The Labute approximate surface area is 140 Å². The number of nitrogens with two attached hydrogens (primary N) is 1. The SMILES string of the molecule is Nc1nc(NCCCOc2cc(Cl)cc(Cl)c2)c(N=O)c(=O)[nH]1. The topological polar surface area (TPSA) is 122 Å². The molecule has 0 amide bonds. The summed E-state index contributed by atoms with van der Waals surface area (Å²) in [7, 11) is 0. The van der Waals surface area contributed by atoms with E-state index in [4.69, 9.17) is 33.7 Å². The Morgan fingerprint density at radius 2 is 2.00 bits per heavy atom. The van der Waals surface area contributed by atoms with Crippen molar-refractivity contribution < 1.29 is 4.74 Å². The minimum Gasteiger partial charge on any atom is -0.493 e. The zero-order valence-corrected chi connectivity index (χ0v) is 13.3. The zero-order chi connectivity index (χ0) is 16.8. The van der Waals surface area contributed by atoms with Crippen molar-refractivity contribution in [1.29, 1.82) is 0 Å². The molecule has 0 fully saturated rings. The maximum atomic E-state index is 11.5. The first kappa shape index (κ1) is 17.0. The Morgan fingerprint density at radius 3 is 2.65 bits per heavy atom. The van der Waals surface area contributed by atoms with Crippen LogP contribution in [0.15, 0.2) is 28.2 Å². The Kier molecular flexibility index (Phi) is 5.78. The van der Waals surface area contributed by atoms with Gasteiger partial charge in [0.2, 0.25) is 11.6 Å². The quantitative estimate of drug-likeness (QED) is 0.517. The van der Waals surface area contributed by atoms with E-state index in [1.807, 2.05) is 0 Å². The Bertz CT molecular complexity index is 746. The standard InChI is InChI=1S/C13H13Cl2N5O3/c14-7-4-8(15)6-9(5-7)23-3-1-2-17-11-10(20-22)12(21)19-13(16)18-11/h4-6H,1-3H2,(H4,16,17,18,19,21). The summed E-state index contributed by atoms with van der Waals surface area (Å²) in [6, 6.07) is 4.90. The first-order valence-corrected chi connectivity index (χ1v) is 7.31. The second kappa shape index (κ2) is 7.80. The Hall–Kier alpha value is -2.32. The van der Waals surface area contributed by atoms with Gasteiger partial charge in [-0.15, -0.1) is 4.91 Å². The van der Waals surface area contributed by atoms with Crippen molar-refractivity contribution in [3.05, 3.63) is 43.5 Å². The first-order chi connectivity index (χ1) is 11.0. The summed E-state index contributed by atoms with van der Waals surface area (Å²) in [6.07, 6.45) is 0.566. The predicted molar refractivity (Wildman–Crippen MR) is 89.8 cm³/mol. The number of rotatable bonds is 7. The van der Waals surface area contributed by atoms with E-state index < -0.39 is 5.56 Å². The normalized spacial score (nSPS) is 10.3. The fourth-order valence-corrected chi connectivity index (χ4v) is 2.28. The summed E-state index contributed by atoms with van der Waals surface area (Å²) in [4.78, 5) is 28.1. The third kappa shape index (κ3) is 4.83. The van der Waals surface area contributed by atoms with E-state index >= 15 is 0 Å². The van der Waals surface area contributed by atoms with E-state index in [9.17, 15) is 9.70 Å². The van der Waals surface area contributed by atoms with Gasteiger partial charge in [0.05, 0.1) is 6.61 Å². The lowest BCUT2D eigenvalue weighted by Gasteiger charge is -2.09. The summed E-state index contributed by atoms with van der Waals surface area (Å²) in [5.41, 5.74) is 4.38. The van der Waals surface area contributed by atoms with Crippen LogP contribution >= 0.6 is 23.2 Å². The van der Waals surface area contributed by atoms with Crippen molar-refractivity contribution >= 4 is 40.7 Å². The highest BCUT2D eigenvalue weighted by molar-refractivity contribution is 6.34. The fourth-order valence-electron chi connectivity index (χ4n) is 1.77. The summed E-state index contributed by atoms with van der Waals surface area (Å²) < 4.78 is 5.50. The van der Waals surface area contributed by atoms with Crippen molar-refractivity contribution in [2.75, 3.05) is 24.2 Å². The van der Waals surface area contributed by atoms with E-state index in [1.165, 1.54) is 0 Å². The van der Waals surface area contributed by atoms with Gasteiger partial charge in [0, 0.05) is 16.6 Å². The van der Waals surface area contributed by atoms with Crippen LogP contribution < -0.4 is 21.3 Å². The molecule has 0 atom stereocenters. The second-order valence-corrected chi connectivity index (χ2v) is 5.35. The predicted octanol–water partition coefficient (Wildman–Crippen LogP) is 2.94. The number of hydrogen-bond acceptors (Lipinski definition) is 7. The average molecular weight is 358 g/mol. The molecule has 4 N–H and O–H groups in total. The van der Waals surface area contributed by atoms with E-state index in [1.54, 1.807) is 18.2 Å². The van der Waals surface area contributed by atoms with Crippen molar-refractivity contribution in [2.45, 2.75) is 6.42 Å². The number of nitrogen functional groups attached to an aromatic ring is 1. The number of aromatic amines is 1. The van der Waals surface area contributed by atoms with Crippen LogP contribution in [-0.2, 0) is 0 Å². The number of halogens is 2. The number of nitrogens with one attached hydrogen (secondary N) is 2. The molecular formula is C13H13Cl2N5O3. The molecule has 1 heterocycles. The molecule has 2 rings (SSSR count). The lowest BCUT2D eigenvalue weighted by Crippen LogP contribution is -2.15. The lowest BCUT2D eigenvalue weighted by molar-refractivity contribution is 0.315. The highest BCUT2D eigenvalue weighted by Gasteiger charge is 2.10. The average Bonchev–Trinajstić information content (AvgIpc) is 2.45. The molecule has 0 bridgehead atoms. The molecule has 0 aliphatic carbocycles. The van der Waals surface area contributed by atoms with Gasteiger partial charge in [-0.25, -0.2) is 0 Å². The third-order valence-electron chi connectivity index (χ3n) is 2.72. The monoisotopic (exact) mass is 357 g/mol. The minimum atomic E-state index is -0.695. The molecule has 0 spiro atoms. The number of nitrogens with zero attached hydrogens (tertiary/aromatic N) is 2. The molecule has 1 aromatic carbocycles. The second-order valence-electron chi connectivity index (χ2n) is 4.47. The van der Waals surface area contributed by atoms with E-state index in [0.717, 1.165) is 0 Å². The van der Waals surface area contributed by atoms with Gasteiger partial charge in [-0.05, 0) is 29.8 Å². The maximum Gasteiger partial charge on any atom is 0.284 e. The summed E-state index contributed by atoms with van der Waals surface area (Å²) in [5, 5.41) is 6.42. The molecule has 0 saturated heterocycles. The smallest absolute Gasteiger partial charge is 0.284 e. The number of nitroso groups, excluding NO2 is 1. The lowest BCUT2D eigenvalue weighted by atomic mass is 10.3. The molecule has 1 aromatic heterocycles. The molecular weight excluding hydrogens is 345 g/mol. The summed E-state index contributed by atoms with van der Waals surface area (Å²) >= 11 is 11.7. The Morgan fingerprint density at radius 1 is 1.30 bits per heavy atom. The highest BCUT2D eigenvalue weighted by atomic mass is 35.5. The third-order valence-corrected chi connectivity index (χ3v) is 3.16. The molecule has 0 saturated carbocycles. The van der Waals surface area contributed by atoms with Gasteiger partial charge in [-0.2, -0.15) is 4.98 Å². The van der Waals surface area contributed by atoms with Crippen molar-refractivity contribution in [2.24, 2.45) is 5.18 Å². The fraction of sp³-hybridized carbons (Fsp3) is 0.231.